The SMILES string of the molecule is CCOCC1CCCN(C(=O)C2(N)CC2)C1.Cl. The van der Waals surface area contributed by atoms with E-state index >= 15 is 0 Å². The van der Waals surface area contributed by atoms with Gasteiger partial charge < -0.3 is 15.4 Å². The second kappa shape index (κ2) is 6.03. The highest BCUT2D eigenvalue weighted by atomic mass is 35.5. The molecule has 1 aliphatic carbocycles. The third kappa shape index (κ3) is 3.57. The molecule has 2 fully saturated rings. The largest absolute Gasteiger partial charge is 0.381 e. The molecule has 1 amide bonds. The van der Waals surface area contributed by atoms with E-state index in [0.29, 0.717) is 5.92 Å². The van der Waals surface area contributed by atoms with Crippen LogP contribution in [0.25, 0.3) is 0 Å². The predicted octanol–water partition coefficient (Wildman–Crippen LogP) is 1.17. The van der Waals surface area contributed by atoms with Crippen molar-refractivity contribution >= 4 is 18.3 Å². The lowest BCUT2D eigenvalue weighted by molar-refractivity contribution is -0.135. The van der Waals surface area contributed by atoms with Gasteiger partial charge in [-0.1, -0.05) is 0 Å². The molecule has 5 heteroatoms. The number of nitrogens with two attached hydrogens (primary N) is 1. The molecule has 0 aromatic rings. The Balaban J connectivity index is 0.00000144. The van der Waals surface area contributed by atoms with Crippen molar-refractivity contribution in [3.63, 3.8) is 0 Å². The quantitative estimate of drug-likeness (QED) is 0.828. The minimum Gasteiger partial charge on any atom is -0.381 e. The zero-order valence-corrected chi connectivity index (χ0v) is 11.3. The Morgan fingerprint density at radius 2 is 2.24 bits per heavy atom. The van der Waals surface area contributed by atoms with Gasteiger partial charge in [-0.25, -0.2) is 0 Å². The van der Waals surface area contributed by atoms with Crippen molar-refractivity contribution in [3.05, 3.63) is 0 Å². The first-order chi connectivity index (χ1) is 7.65. The van der Waals surface area contributed by atoms with Crippen LogP contribution in [-0.4, -0.2) is 42.6 Å². The number of carbonyl (C=O) groups excluding carboxylic acids is 1. The summed E-state index contributed by atoms with van der Waals surface area (Å²) < 4.78 is 5.43. The predicted molar refractivity (Wildman–Crippen MR) is 69.2 cm³/mol. The summed E-state index contributed by atoms with van der Waals surface area (Å²) in [5.74, 6) is 0.661. The van der Waals surface area contributed by atoms with Crippen LogP contribution in [0.4, 0.5) is 0 Å². The second-order valence-electron chi connectivity index (χ2n) is 5.08. The summed E-state index contributed by atoms with van der Waals surface area (Å²) in [6.07, 6.45) is 3.97. The molecule has 1 heterocycles. The molecule has 0 radical (unpaired) electrons. The third-order valence-electron chi connectivity index (χ3n) is 3.58. The number of halogens is 1. The maximum atomic E-state index is 12.1. The minimum absolute atomic E-state index is 0. The highest BCUT2D eigenvalue weighted by molar-refractivity contribution is 5.89. The summed E-state index contributed by atoms with van der Waals surface area (Å²) in [5, 5.41) is 0. The van der Waals surface area contributed by atoms with Crippen LogP contribution in [0.2, 0.25) is 0 Å². The van der Waals surface area contributed by atoms with Crippen LogP contribution in [0.3, 0.4) is 0 Å². The zero-order chi connectivity index (χ0) is 11.6. The molecule has 1 saturated carbocycles. The van der Waals surface area contributed by atoms with Gasteiger partial charge in [-0.15, -0.1) is 12.4 Å². The van der Waals surface area contributed by atoms with Crippen LogP contribution < -0.4 is 5.73 Å². The van der Waals surface area contributed by atoms with Crippen molar-refractivity contribution in [2.75, 3.05) is 26.3 Å². The molecule has 1 atom stereocenters. The topological polar surface area (TPSA) is 55.6 Å². The Morgan fingerprint density at radius 1 is 1.53 bits per heavy atom. The van der Waals surface area contributed by atoms with Gasteiger partial charge in [0, 0.05) is 19.7 Å². The molecule has 2 N–H and O–H groups in total. The summed E-state index contributed by atoms with van der Waals surface area (Å²) in [4.78, 5) is 14.0. The van der Waals surface area contributed by atoms with E-state index < -0.39 is 5.54 Å². The van der Waals surface area contributed by atoms with E-state index in [-0.39, 0.29) is 18.3 Å². The van der Waals surface area contributed by atoms with E-state index in [4.69, 9.17) is 10.5 Å². The van der Waals surface area contributed by atoms with Crippen molar-refractivity contribution < 1.29 is 9.53 Å². The average Bonchev–Trinajstić information content (AvgIpc) is 3.05. The first kappa shape index (κ1) is 14.7. The van der Waals surface area contributed by atoms with Gasteiger partial charge in [0.25, 0.3) is 0 Å². The Hall–Kier alpha value is -0.320. The fourth-order valence-corrected chi connectivity index (χ4v) is 2.33. The number of hydrogen-bond donors (Lipinski definition) is 1. The Labute approximate surface area is 109 Å². The van der Waals surface area contributed by atoms with Crippen LogP contribution in [0.15, 0.2) is 0 Å². The molecule has 0 bridgehead atoms. The number of piperidine rings is 1. The van der Waals surface area contributed by atoms with Gasteiger partial charge in [0.1, 0.15) is 0 Å². The monoisotopic (exact) mass is 262 g/mol. The number of ether oxygens (including phenoxy) is 1. The zero-order valence-electron chi connectivity index (χ0n) is 10.5. The lowest BCUT2D eigenvalue weighted by Crippen LogP contribution is -2.50. The molecule has 2 aliphatic rings. The fraction of sp³-hybridized carbons (Fsp3) is 0.917. The van der Waals surface area contributed by atoms with Crippen LogP contribution in [0.1, 0.15) is 32.6 Å². The molecule has 0 aromatic heterocycles. The lowest BCUT2D eigenvalue weighted by Gasteiger charge is -2.34. The molecule has 0 aromatic carbocycles. The van der Waals surface area contributed by atoms with Crippen molar-refractivity contribution in [1.29, 1.82) is 0 Å². The number of carbonyl (C=O) groups is 1. The average molecular weight is 263 g/mol. The van der Waals surface area contributed by atoms with Gasteiger partial charge in [0.2, 0.25) is 5.91 Å². The first-order valence-corrected chi connectivity index (χ1v) is 6.32. The normalized spacial score (nSPS) is 26.2. The molecule has 1 unspecified atom stereocenters. The number of nitrogens with zero attached hydrogens (tertiary/aromatic N) is 1. The van der Waals surface area contributed by atoms with E-state index in [0.717, 1.165) is 45.6 Å². The molecule has 1 saturated heterocycles. The smallest absolute Gasteiger partial charge is 0.242 e. The molecular weight excluding hydrogens is 240 g/mol. The highest BCUT2D eigenvalue weighted by Crippen LogP contribution is 2.35. The molecule has 100 valence electrons. The van der Waals surface area contributed by atoms with Crippen LogP contribution in [0.5, 0.6) is 0 Å². The number of amides is 1. The van der Waals surface area contributed by atoms with Gasteiger partial charge in [0.15, 0.2) is 0 Å². The summed E-state index contributed by atoms with van der Waals surface area (Å²) in [6, 6.07) is 0. The van der Waals surface area contributed by atoms with Crippen molar-refractivity contribution in [1.82, 2.24) is 4.90 Å². The van der Waals surface area contributed by atoms with E-state index in [9.17, 15) is 4.79 Å². The van der Waals surface area contributed by atoms with Crippen molar-refractivity contribution in [2.24, 2.45) is 11.7 Å². The maximum Gasteiger partial charge on any atom is 0.242 e. The molecule has 1 aliphatic heterocycles. The maximum absolute atomic E-state index is 12.1. The van der Waals surface area contributed by atoms with Crippen molar-refractivity contribution in [2.45, 2.75) is 38.1 Å². The van der Waals surface area contributed by atoms with E-state index in [1.807, 2.05) is 11.8 Å². The first-order valence-electron chi connectivity index (χ1n) is 6.32. The van der Waals surface area contributed by atoms with Gasteiger partial charge in [-0.05, 0) is 38.5 Å². The second-order valence-corrected chi connectivity index (χ2v) is 5.08. The Bertz CT molecular complexity index is 269. The Kier molecular flexibility index (Phi) is 5.22. The van der Waals surface area contributed by atoms with Gasteiger partial charge in [-0.3, -0.25) is 4.79 Å². The standard InChI is InChI=1S/C12H22N2O2.ClH/c1-2-16-9-10-4-3-7-14(8-10)11(15)12(13)5-6-12;/h10H,2-9,13H2,1H3;1H. The number of rotatable bonds is 4. The molecule has 17 heavy (non-hydrogen) atoms. The molecular formula is C12H23ClN2O2. The van der Waals surface area contributed by atoms with E-state index in [2.05, 4.69) is 0 Å². The Morgan fingerprint density at radius 3 is 2.82 bits per heavy atom. The number of hydrogen-bond acceptors (Lipinski definition) is 3. The molecule has 4 nitrogen and oxygen atoms in total. The van der Waals surface area contributed by atoms with Gasteiger partial charge in [0.05, 0.1) is 12.1 Å². The minimum atomic E-state index is -0.506. The summed E-state index contributed by atoms with van der Waals surface area (Å²) >= 11 is 0. The van der Waals surface area contributed by atoms with Crippen LogP contribution in [0, 0.1) is 5.92 Å². The van der Waals surface area contributed by atoms with E-state index in [1.165, 1.54) is 6.42 Å². The van der Waals surface area contributed by atoms with Gasteiger partial charge >= 0.3 is 0 Å². The van der Waals surface area contributed by atoms with Gasteiger partial charge in [-0.2, -0.15) is 0 Å². The summed E-state index contributed by atoms with van der Waals surface area (Å²) in [7, 11) is 0. The summed E-state index contributed by atoms with van der Waals surface area (Å²) in [6.45, 7) is 5.24. The van der Waals surface area contributed by atoms with Crippen LogP contribution >= 0.6 is 12.4 Å². The summed E-state index contributed by atoms with van der Waals surface area (Å²) in [5.41, 5.74) is 5.44. The van der Waals surface area contributed by atoms with Crippen molar-refractivity contribution in [3.8, 4) is 0 Å². The number of likely N-dealkylation sites (tertiary alicyclic amines) is 1. The molecule has 2 rings (SSSR count). The molecule has 0 spiro atoms. The fourth-order valence-electron chi connectivity index (χ4n) is 2.33. The highest BCUT2D eigenvalue weighted by Gasteiger charge is 2.48. The lowest BCUT2D eigenvalue weighted by atomic mass is 9.98. The van der Waals surface area contributed by atoms with E-state index in [1.54, 1.807) is 0 Å². The van der Waals surface area contributed by atoms with Crippen LogP contribution in [-0.2, 0) is 9.53 Å². The third-order valence-corrected chi connectivity index (χ3v) is 3.58.